The zero-order valence-electron chi connectivity index (χ0n) is 14.2. The van der Waals surface area contributed by atoms with Crippen molar-refractivity contribution in [2.24, 2.45) is 5.73 Å². The van der Waals surface area contributed by atoms with Crippen LogP contribution in [0, 0.1) is 0 Å². The number of carbonyl (C=O) groups is 2. The minimum Gasteiger partial charge on any atom is -0.492 e. The van der Waals surface area contributed by atoms with E-state index in [0.717, 1.165) is 10.2 Å². The number of hydrogen-bond acceptors (Lipinski definition) is 4. The average Bonchev–Trinajstić information content (AvgIpc) is 2.61. The van der Waals surface area contributed by atoms with E-state index in [9.17, 15) is 9.59 Å². The predicted molar refractivity (Wildman–Crippen MR) is 103 cm³/mol. The summed E-state index contributed by atoms with van der Waals surface area (Å²) in [6, 6.07) is 14.6. The van der Waals surface area contributed by atoms with Crippen LogP contribution in [-0.2, 0) is 9.59 Å². The molecule has 0 aliphatic heterocycles. The maximum absolute atomic E-state index is 12.1. The van der Waals surface area contributed by atoms with Crippen LogP contribution >= 0.6 is 15.9 Å². The molecule has 0 saturated carbocycles. The second-order valence-corrected chi connectivity index (χ2v) is 6.35. The molecule has 0 heterocycles. The zero-order chi connectivity index (χ0) is 18.8. The van der Waals surface area contributed by atoms with Gasteiger partial charge in [-0.2, -0.15) is 0 Å². The van der Waals surface area contributed by atoms with Crippen molar-refractivity contribution in [1.82, 2.24) is 0 Å². The summed E-state index contributed by atoms with van der Waals surface area (Å²) in [5.41, 5.74) is 5.65. The summed E-state index contributed by atoms with van der Waals surface area (Å²) in [5.74, 6) is 0.691. The third kappa shape index (κ3) is 6.76. The first-order valence-electron chi connectivity index (χ1n) is 8.23. The molecule has 0 saturated heterocycles. The standard InChI is InChI=1S/C19H21BrN2O4/c20-14-6-1-3-8-16(14)25-12-5-10-19(24)22-15-7-2-4-9-17(15)26-13-11-18(21)23/h1-4,6-9H,5,10-13H2,(H2,21,23)(H,22,24). The highest BCUT2D eigenvalue weighted by Crippen LogP contribution is 2.25. The lowest BCUT2D eigenvalue weighted by molar-refractivity contribution is -0.118. The fourth-order valence-electron chi connectivity index (χ4n) is 2.15. The maximum Gasteiger partial charge on any atom is 0.224 e. The molecule has 7 heteroatoms. The second-order valence-electron chi connectivity index (χ2n) is 5.49. The van der Waals surface area contributed by atoms with Crippen LogP contribution in [0.5, 0.6) is 11.5 Å². The fourth-order valence-corrected chi connectivity index (χ4v) is 2.55. The van der Waals surface area contributed by atoms with Crippen molar-refractivity contribution < 1.29 is 19.1 Å². The fraction of sp³-hybridized carbons (Fsp3) is 0.263. The van der Waals surface area contributed by atoms with Crippen LogP contribution in [0.1, 0.15) is 19.3 Å². The molecule has 2 aromatic carbocycles. The van der Waals surface area contributed by atoms with E-state index >= 15 is 0 Å². The SMILES string of the molecule is NC(=O)CCOc1ccccc1NC(=O)CCCOc1ccccc1Br. The van der Waals surface area contributed by atoms with Gasteiger partial charge in [0, 0.05) is 6.42 Å². The number of carbonyl (C=O) groups excluding carboxylic acids is 2. The van der Waals surface area contributed by atoms with Gasteiger partial charge in [-0.25, -0.2) is 0 Å². The van der Waals surface area contributed by atoms with E-state index in [1.54, 1.807) is 24.3 Å². The van der Waals surface area contributed by atoms with E-state index in [2.05, 4.69) is 21.2 Å². The minimum atomic E-state index is -0.434. The molecule has 6 nitrogen and oxygen atoms in total. The molecule has 0 radical (unpaired) electrons. The van der Waals surface area contributed by atoms with Crippen LogP contribution in [0.2, 0.25) is 0 Å². The summed E-state index contributed by atoms with van der Waals surface area (Å²) >= 11 is 3.41. The summed E-state index contributed by atoms with van der Waals surface area (Å²) in [5, 5.41) is 2.81. The van der Waals surface area contributed by atoms with Crippen molar-refractivity contribution in [3.05, 3.63) is 53.0 Å². The molecule has 0 spiro atoms. The highest BCUT2D eigenvalue weighted by Gasteiger charge is 2.08. The molecule has 3 N–H and O–H groups in total. The van der Waals surface area contributed by atoms with Gasteiger partial charge in [0.25, 0.3) is 0 Å². The van der Waals surface area contributed by atoms with Crippen LogP contribution < -0.4 is 20.5 Å². The Morgan fingerprint density at radius 3 is 2.31 bits per heavy atom. The largest absolute Gasteiger partial charge is 0.492 e. The third-order valence-corrected chi connectivity index (χ3v) is 4.06. The van der Waals surface area contributed by atoms with Crippen LogP contribution in [0.15, 0.2) is 53.0 Å². The highest BCUT2D eigenvalue weighted by atomic mass is 79.9. The molecular formula is C19H21BrN2O4. The van der Waals surface area contributed by atoms with E-state index < -0.39 is 5.91 Å². The number of nitrogens with one attached hydrogen (secondary N) is 1. The Bertz CT molecular complexity index is 752. The molecule has 0 atom stereocenters. The van der Waals surface area contributed by atoms with Crippen molar-refractivity contribution in [3.8, 4) is 11.5 Å². The van der Waals surface area contributed by atoms with Gasteiger partial charge in [0.15, 0.2) is 0 Å². The lowest BCUT2D eigenvalue weighted by Crippen LogP contribution is -2.16. The van der Waals surface area contributed by atoms with Gasteiger partial charge in [-0.1, -0.05) is 24.3 Å². The molecule has 0 aromatic heterocycles. The quantitative estimate of drug-likeness (QED) is 0.575. The van der Waals surface area contributed by atoms with Crippen LogP contribution in [-0.4, -0.2) is 25.0 Å². The Balaban J connectivity index is 1.77. The van der Waals surface area contributed by atoms with Gasteiger partial charge in [-0.15, -0.1) is 0 Å². The van der Waals surface area contributed by atoms with Gasteiger partial charge in [0.1, 0.15) is 11.5 Å². The Hall–Kier alpha value is -2.54. The number of primary amides is 1. The summed E-state index contributed by atoms with van der Waals surface area (Å²) < 4.78 is 12.0. The number of rotatable bonds is 10. The number of amides is 2. The second kappa shape index (κ2) is 10.5. The van der Waals surface area contributed by atoms with Gasteiger partial charge in [0.05, 0.1) is 29.8 Å². The third-order valence-electron chi connectivity index (χ3n) is 3.41. The van der Waals surface area contributed by atoms with Gasteiger partial charge < -0.3 is 20.5 Å². The number of benzene rings is 2. The Labute approximate surface area is 160 Å². The topological polar surface area (TPSA) is 90.7 Å². The number of anilines is 1. The van der Waals surface area contributed by atoms with E-state index in [1.807, 2.05) is 24.3 Å². The zero-order valence-corrected chi connectivity index (χ0v) is 15.8. The molecule has 0 aliphatic rings. The molecule has 26 heavy (non-hydrogen) atoms. The van der Waals surface area contributed by atoms with E-state index in [0.29, 0.717) is 30.9 Å². The Kier molecular flexibility index (Phi) is 7.95. The number of halogens is 1. The number of nitrogens with two attached hydrogens (primary N) is 1. The summed E-state index contributed by atoms with van der Waals surface area (Å²) in [4.78, 5) is 22.9. The summed E-state index contributed by atoms with van der Waals surface area (Å²) in [6.45, 7) is 0.606. The van der Waals surface area contributed by atoms with Crippen LogP contribution in [0.4, 0.5) is 5.69 Å². The molecule has 2 amide bonds. The van der Waals surface area contributed by atoms with Gasteiger partial charge >= 0.3 is 0 Å². The number of hydrogen-bond donors (Lipinski definition) is 2. The lowest BCUT2D eigenvalue weighted by atomic mass is 10.2. The summed E-state index contributed by atoms with van der Waals surface area (Å²) in [7, 11) is 0. The van der Waals surface area contributed by atoms with Crippen molar-refractivity contribution in [2.45, 2.75) is 19.3 Å². The van der Waals surface area contributed by atoms with Crippen LogP contribution in [0.25, 0.3) is 0 Å². The van der Waals surface area contributed by atoms with E-state index in [1.165, 1.54) is 0 Å². The normalized spacial score (nSPS) is 10.2. The first-order chi connectivity index (χ1) is 12.6. The van der Waals surface area contributed by atoms with Crippen molar-refractivity contribution in [2.75, 3.05) is 18.5 Å². The first-order valence-corrected chi connectivity index (χ1v) is 9.03. The van der Waals surface area contributed by atoms with Gasteiger partial charge in [-0.05, 0) is 46.6 Å². The van der Waals surface area contributed by atoms with Crippen molar-refractivity contribution in [1.29, 1.82) is 0 Å². The van der Waals surface area contributed by atoms with Crippen LogP contribution in [0.3, 0.4) is 0 Å². The molecule has 0 aliphatic carbocycles. The Morgan fingerprint density at radius 1 is 0.923 bits per heavy atom. The first kappa shape index (κ1) is 19.8. The van der Waals surface area contributed by atoms with E-state index in [-0.39, 0.29) is 18.9 Å². The number of ether oxygens (including phenoxy) is 2. The van der Waals surface area contributed by atoms with E-state index in [4.69, 9.17) is 15.2 Å². The van der Waals surface area contributed by atoms with Gasteiger partial charge in [0.2, 0.25) is 11.8 Å². The van der Waals surface area contributed by atoms with Gasteiger partial charge in [-0.3, -0.25) is 9.59 Å². The Morgan fingerprint density at radius 2 is 1.58 bits per heavy atom. The summed E-state index contributed by atoms with van der Waals surface area (Å²) in [6.07, 6.45) is 1.02. The smallest absolute Gasteiger partial charge is 0.224 e. The molecule has 0 bridgehead atoms. The average molecular weight is 421 g/mol. The van der Waals surface area contributed by atoms with Crippen molar-refractivity contribution in [3.63, 3.8) is 0 Å². The minimum absolute atomic E-state index is 0.120. The van der Waals surface area contributed by atoms with Crippen molar-refractivity contribution >= 4 is 33.4 Å². The molecular weight excluding hydrogens is 400 g/mol. The number of para-hydroxylation sites is 3. The predicted octanol–water partition coefficient (Wildman–Crippen LogP) is 3.50. The maximum atomic E-state index is 12.1. The monoisotopic (exact) mass is 420 g/mol. The molecule has 0 fully saturated rings. The lowest BCUT2D eigenvalue weighted by Gasteiger charge is -2.12. The molecule has 0 unspecified atom stereocenters. The highest BCUT2D eigenvalue weighted by molar-refractivity contribution is 9.10. The molecule has 2 rings (SSSR count). The molecule has 138 valence electrons. The molecule has 2 aromatic rings.